The van der Waals surface area contributed by atoms with Crippen molar-refractivity contribution in [3.63, 3.8) is 0 Å². The summed E-state index contributed by atoms with van der Waals surface area (Å²) in [5.74, 6) is 1.47. The van der Waals surface area contributed by atoms with E-state index in [2.05, 4.69) is 5.10 Å². The number of halogens is 1. The monoisotopic (exact) mass is 266 g/mol. The fraction of sp³-hybridized carbons (Fsp3) is 0.308. The molecule has 0 unspecified atom stereocenters. The zero-order chi connectivity index (χ0) is 13.3. The van der Waals surface area contributed by atoms with Gasteiger partial charge in [-0.1, -0.05) is 11.6 Å². The van der Waals surface area contributed by atoms with Crippen molar-refractivity contribution in [1.82, 2.24) is 9.78 Å². The Morgan fingerprint density at radius 2 is 1.89 bits per heavy atom. The summed E-state index contributed by atoms with van der Waals surface area (Å²) in [4.78, 5) is 0. The molecule has 0 saturated heterocycles. The molecule has 0 radical (unpaired) electrons. The maximum atomic E-state index is 6.16. The fourth-order valence-corrected chi connectivity index (χ4v) is 1.94. The SMILES string of the molecule is COc1ccc(OC)c(-n2nc(C)c(Cl)c2C)c1. The van der Waals surface area contributed by atoms with Crippen LogP contribution >= 0.6 is 11.6 Å². The lowest BCUT2D eigenvalue weighted by Crippen LogP contribution is -2.02. The van der Waals surface area contributed by atoms with Gasteiger partial charge in [-0.25, -0.2) is 4.68 Å². The number of methoxy groups -OCH3 is 2. The van der Waals surface area contributed by atoms with E-state index in [4.69, 9.17) is 21.1 Å². The Labute approximate surface area is 111 Å². The maximum Gasteiger partial charge on any atom is 0.144 e. The molecule has 5 heteroatoms. The quantitative estimate of drug-likeness (QED) is 0.856. The summed E-state index contributed by atoms with van der Waals surface area (Å²) in [6.45, 7) is 3.79. The van der Waals surface area contributed by atoms with Gasteiger partial charge in [0.15, 0.2) is 0 Å². The second-order valence-corrected chi connectivity index (χ2v) is 4.31. The lowest BCUT2D eigenvalue weighted by atomic mass is 10.2. The van der Waals surface area contributed by atoms with Crippen molar-refractivity contribution in [3.05, 3.63) is 34.6 Å². The number of nitrogens with zero attached hydrogens (tertiary/aromatic N) is 2. The Hall–Kier alpha value is -1.68. The second kappa shape index (κ2) is 4.90. The van der Waals surface area contributed by atoms with Gasteiger partial charge in [0.1, 0.15) is 17.2 Å². The Morgan fingerprint density at radius 1 is 1.17 bits per heavy atom. The lowest BCUT2D eigenvalue weighted by Gasteiger charge is -2.11. The van der Waals surface area contributed by atoms with Crippen molar-refractivity contribution in [1.29, 1.82) is 0 Å². The van der Waals surface area contributed by atoms with E-state index in [0.29, 0.717) is 5.02 Å². The third-order valence-corrected chi connectivity index (χ3v) is 3.36. The highest BCUT2D eigenvalue weighted by Gasteiger charge is 2.14. The van der Waals surface area contributed by atoms with E-state index < -0.39 is 0 Å². The van der Waals surface area contributed by atoms with Gasteiger partial charge >= 0.3 is 0 Å². The first-order valence-electron chi connectivity index (χ1n) is 5.52. The Bertz CT molecular complexity index is 579. The lowest BCUT2D eigenvalue weighted by molar-refractivity contribution is 0.400. The molecule has 0 atom stereocenters. The maximum absolute atomic E-state index is 6.16. The standard InChI is InChI=1S/C13H15ClN2O2/c1-8-13(14)9(2)16(15-8)11-7-10(17-3)5-6-12(11)18-4/h5-7H,1-4H3. The predicted octanol–water partition coefficient (Wildman–Crippen LogP) is 3.16. The van der Waals surface area contributed by atoms with Gasteiger partial charge < -0.3 is 9.47 Å². The normalized spacial score (nSPS) is 10.5. The topological polar surface area (TPSA) is 36.3 Å². The Balaban J connectivity index is 2.64. The van der Waals surface area contributed by atoms with Crippen LogP contribution in [0.2, 0.25) is 5.02 Å². The molecule has 1 heterocycles. The van der Waals surface area contributed by atoms with Gasteiger partial charge in [0.05, 0.1) is 30.6 Å². The molecule has 0 aliphatic heterocycles. The molecule has 0 saturated carbocycles. The second-order valence-electron chi connectivity index (χ2n) is 3.93. The summed E-state index contributed by atoms with van der Waals surface area (Å²) in [5, 5.41) is 5.08. The van der Waals surface area contributed by atoms with Crippen molar-refractivity contribution in [2.24, 2.45) is 0 Å². The number of benzene rings is 1. The molecule has 4 nitrogen and oxygen atoms in total. The van der Waals surface area contributed by atoms with E-state index in [0.717, 1.165) is 28.6 Å². The molecule has 0 fully saturated rings. The first kappa shape index (κ1) is 12.8. The summed E-state index contributed by atoms with van der Waals surface area (Å²) in [6, 6.07) is 5.56. The fourth-order valence-electron chi connectivity index (χ4n) is 1.82. The highest BCUT2D eigenvalue weighted by Crippen LogP contribution is 2.30. The van der Waals surface area contributed by atoms with Gasteiger partial charge in [0, 0.05) is 6.07 Å². The zero-order valence-electron chi connectivity index (χ0n) is 10.8. The molecular formula is C13H15ClN2O2. The van der Waals surface area contributed by atoms with Crippen molar-refractivity contribution in [2.75, 3.05) is 14.2 Å². The molecule has 0 aliphatic rings. The van der Waals surface area contributed by atoms with Gasteiger partial charge in [-0.05, 0) is 26.0 Å². The van der Waals surface area contributed by atoms with Crippen molar-refractivity contribution in [3.8, 4) is 17.2 Å². The van der Waals surface area contributed by atoms with Gasteiger partial charge in [-0.2, -0.15) is 5.10 Å². The Morgan fingerprint density at radius 3 is 2.39 bits per heavy atom. The molecule has 0 aliphatic carbocycles. The number of hydrogen-bond acceptors (Lipinski definition) is 3. The number of hydrogen-bond donors (Lipinski definition) is 0. The summed E-state index contributed by atoms with van der Waals surface area (Å²) >= 11 is 6.16. The summed E-state index contributed by atoms with van der Waals surface area (Å²) in [7, 11) is 3.25. The van der Waals surface area contributed by atoms with Crippen LogP contribution < -0.4 is 9.47 Å². The van der Waals surface area contributed by atoms with E-state index in [1.165, 1.54) is 0 Å². The molecule has 1 aromatic heterocycles. The van der Waals surface area contributed by atoms with E-state index >= 15 is 0 Å². The van der Waals surface area contributed by atoms with Crippen molar-refractivity contribution in [2.45, 2.75) is 13.8 Å². The largest absolute Gasteiger partial charge is 0.497 e. The molecule has 18 heavy (non-hydrogen) atoms. The third-order valence-electron chi connectivity index (χ3n) is 2.82. The van der Waals surface area contributed by atoms with Gasteiger partial charge in [-0.15, -0.1) is 0 Å². The van der Waals surface area contributed by atoms with Crippen LogP contribution in [0.3, 0.4) is 0 Å². The number of aromatic nitrogens is 2. The predicted molar refractivity (Wildman–Crippen MR) is 71.2 cm³/mol. The van der Waals surface area contributed by atoms with Crippen molar-refractivity contribution < 1.29 is 9.47 Å². The zero-order valence-corrected chi connectivity index (χ0v) is 11.6. The minimum atomic E-state index is 0.667. The minimum Gasteiger partial charge on any atom is -0.497 e. The molecule has 96 valence electrons. The van der Waals surface area contributed by atoms with E-state index in [1.807, 2.05) is 32.0 Å². The van der Waals surface area contributed by atoms with E-state index in [-0.39, 0.29) is 0 Å². The summed E-state index contributed by atoms with van der Waals surface area (Å²) < 4.78 is 12.3. The number of rotatable bonds is 3. The molecule has 0 amide bonds. The molecule has 1 aromatic carbocycles. The van der Waals surface area contributed by atoms with Crippen LogP contribution in [0.25, 0.3) is 5.69 Å². The average molecular weight is 267 g/mol. The van der Waals surface area contributed by atoms with Crippen LogP contribution in [-0.2, 0) is 0 Å². The summed E-state index contributed by atoms with van der Waals surface area (Å²) in [6.07, 6.45) is 0. The van der Waals surface area contributed by atoms with E-state index in [9.17, 15) is 0 Å². The van der Waals surface area contributed by atoms with Gasteiger partial charge in [-0.3, -0.25) is 0 Å². The third kappa shape index (κ3) is 2.04. The van der Waals surface area contributed by atoms with Gasteiger partial charge in [0.25, 0.3) is 0 Å². The molecule has 2 aromatic rings. The first-order chi connectivity index (χ1) is 8.58. The van der Waals surface area contributed by atoms with Crippen LogP contribution in [0.5, 0.6) is 11.5 Å². The van der Waals surface area contributed by atoms with Crippen LogP contribution in [0.15, 0.2) is 18.2 Å². The van der Waals surface area contributed by atoms with E-state index in [1.54, 1.807) is 18.9 Å². The van der Waals surface area contributed by atoms with Crippen LogP contribution in [0.1, 0.15) is 11.4 Å². The molecule has 0 spiro atoms. The summed E-state index contributed by atoms with van der Waals surface area (Å²) in [5.41, 5.74) is 2.48. The Kier molecular flexibility index (Phi) is 3.48. The number of aryl methyl sites for hydroxylation is 1. The molecular weight excluding hydrogens is 252 g/mol. The smallest absolute Gasteiger partial charge is 0.144 e. The average Bonchev–Trinajstić information content (AvgIpc) is 2.65. The molecule has 0 bridgehead atoms. The number of ether oxygens (including phenoxy) is 2. The highest BCUT2D eigenvalue weighted by molar-refractivity contribution is 6.31. The van der Waals surface area contributed by atoms with Crippen LogP contribution in [0, 0.1) is 13.8 Å². The van der Waals surface area contributed by atoms with Crippen molar-refractivity contribution >= 4 is 11.6 Å². The first-order valence-corrected chi connectivity index (χ1v) is 5.90. The minimum absolute atomic E-state index is 0.667. The highest BCUT2D eigenvalue weighted by atomic mass is 35.5. The van der Waals surface area contributed by atoms with Gasteiger partial charge in [0.2, 0.25) is 0 Å². The molecule has 2 rings (SSSR count). The van der Waals surface area contributed by atoms with Crippen LogP contribution in [0.4, 0.5) is 0 Å². The molecule has 0 N–H and O–H groups in total. The van der Waals surface area contributed by atoms with Crippen LogP contribution in [-0.4, -0.2) is 24.0 Å².